The molecule has 0 spiro atoms. The average Bonchev–Trinajstić information content (AvgIpc) is 2.97. The van der Waals surface area contributed by atoms with Crippen LogP contribution in [-0.4, -0.2) is 11.9 Å². The highest BCUT2D eigenvalue weighted by Crippen LogP contribution is 2.24. The number of cyclic esters (lactones) is 1. The number of fused-ring (bicyclic) bond motifs is 1. The van der Waals surface area contributed by atoms with Gasteiger partial charge < -0.3 is 4.74 Å². The van der Waals surface area contributed by atoms with Crippen LogP contribution in [-0.2, 0) is 9.53 Å². The molecule has 0 bridgehead atoms. The third-order valence-electron chi connectivity index (χ3n) is 3.83. The molecule has 0 N–H and O–H groups in total. The first-order valence-corrected chi connectivity index (χ1v) is 8.55. The molecule has 0 saturated carbocycles. The summed E-state index contributed by atoms with van der Waals surface area (Å²) in [6, 6.07) is 21.8. The van der Waals surface area contributed by atoms with Crippen molar-refractivity contribution < 1.29 is 9.53 Å². The molecule has 0 atom stereocenters. The van der Waals surface area contributed by atoms with Crippen molar-refractivity contribution in [3.8, 4) is 0 Å². The monoisotopic (exact) mass is 425 g/mol. The van der Waals surface area contributed by atoms with Gasteiger partial charge in [0.05, 0.1) is 0 Å². The second-order valence-corrected chi connectivity index (χ2v) is 6.66. The maximum absolute atomic E-state index is 12.2. The third kappa shape index (κ3) is 2.85. The SMILES string of the molecule is O=C1OC(c2ccc(I)cc2)=N/C1=C/c1cccc2ccccc12. The number of halogens is 1. The van der Waals surface area contributed by atoms with Gasteiger partial charge in [-0.05, 0) is 69.3 Å². The maximum Gasteiger partial charge on any atom is 0.363 e. The standard InChI is InChI=1S/C20H12INO2/c21-16-10-8-14(9-11-16)19-22-18(20(23)24-19)12-15-6-3-5-13-4-1-2-7-17(13)15/h1-12H/b18-12+. The zero-order valence-corrected chi connectivity index (χ0v) is 14.7. The van der Waals surface area contributed by atoms with Gasteiger partial charge in [-0.1, -0.05) is 42.5 Å². The Bertz CT molecular complexity index is 998. The number of hydrogen-bond acceptors (Lipinski definition) is 3. The maximum atomic E-state index is 12.2. The molecule has 4 rings (SSSR count). The summed E-state index contributed by atoms with van der Waals surface area (Å²) >= 11 is 2.23. The molecule has 0 unspecified atom stereocenters. The first-order valence-electron chi connectivity index (χ1n) is 7.47. The van der Waals surface area contributed by atoms with Crippen molar-refractivity contribution >= 4 is 51.3 Å². The largest absolute Gasteiger partial charge is 0.402 e. The molecule has 3 aromatic rings. The third-order valence-corrected chi connectivity index (χ3v) is 4.55. The fraction of sp³-hybridized carbons (Fsp3) is 0. The van der Waals surface area contributed by atoms with Gasteiger partial charge in [-0.2, -0.15) is 0 Å². The van der Waals surface area contributed by atoms with Gasteiger partial charge in [0.2, 0.25) is 5.90 Å². The lowest BCUT2D eigenvalue weighted by molar-refractivity contribution is -0.129. The van der Waals surface area contributed by atoms with Crippen molar-refractivity contribution in [1.82, 2.24) is 0 Å². The van der Waals surface area contributed by atoms with Gasteiger partial charge in [-0.3, -0.25) is 0 Å². The van der Waals surface area contributed by atoms with Gasteiger partial charge in [0.15, 0.2) is 5.70 Å². The Morgan fingerprint density at radius 3 is 2.50 bits per heavy atom. The molecule has 0 aromatic heterocycles. The normalized spacial score (nSPS) is 15.6. The first-order chi connectivity index (χ1) is 11.7. The van der Waals surface area contributed by atoms with Crippen LogP contribution >= 0.6 is 22.6 Å². The van der Waals surface area contributed by atoms with Crippen LogP contribution in [0.1, 0.15) is 11.1 Å². The van der Waals surface area contributed by atoms with E-state index in [1.807, 2.05) is 66.7 Å². The van der Waals surface area contributed by atoms with Crippen molar-refractivity contribution in [1.29, 1.82) is 0 Å². The Hall–Kier alpha value is -2.47. The van der Waals surface area contributed by atoms with Crippen LogP contribution in [0.15, 0.2) is 77.4 Å². The summed E-state index contributed by atoms with van der Waals surface area (Å²) < 4.78 is 6.44. The van der Waals surface area contributed by atoms with E-state index in [1.165, 1.54) is 0 Å². The van der Waals surface area contributed by atoms with Crippen LogP contribution in [0.2, 0.25) is 0 Å². The molecule has 0 saturated heterocycles. The molecule has 0 aliphatic carbocycles. The Morgan fingerprint density at radius 2 is 1.67 bits per heavy atom. The molecule has 24 heavy (non-hydrogen) atoms. The van der Waals surface area contributed by atoms with E-state index in [0.29, 0.717) is 11.6 Å². The van der Waals surface area contributed by atoms with E-state index in [4.69, 9.17) is 4.74 Å². The van der Waals surface area contributed by atoms with Crippen LogP contribution < -0.4 is 0 Å². The van der Waals surface area contributed by atoms with Gasteiger partial charge in [0.1, 0.15) is 0 Å². The fourth-order valence-electron chi connectivity index (χ4n) is 2.65. The Kier molecular flexibility index (Phi) is 3.90. The zero-order chi connectivity index (χ0) is 16.5. The number of aliphatic imine (C=N–C) groups is 1. The highest BCUT2D eigenvalue weighted by molar-refractivity contribution is 14.1. The van der Waals surface area contributed by atoms with Gasteiger partial charge in [-0.25, -0.2) is 9.79 Å². The van der Waals surface area contributed by atoms with Gasteiger partial charge >= 0.3 is 5.97 Å². The van der Waals surface area contributed by atoms with E-state index in [9.17, 15) is 4.79 Å². The summed E-state index contributed by atoms with van der Waals surface area (Å²) in [6.45, 7) is 0. The molecule has 3 aromatic carbocycles. The molecule has 0 radical (unpaired) electrons. The smallest absolute Gasteiger partial charge is 0.363 e. The van der Waals surface area contributed by atoms with Gasteiger partial charge in [0, 0.05) is 9.13 Å². The fourth-order valence-corrected chi connectivity index (χ4v) is 3.01. The van der Waals surface area contributed by atoms with Crippen molar-refractivity contribution in [2.45, 2.75) is 0 Å². The minimum atomic E-state index is -0.420. The quantitative estimate of drug-likeness (QED) is 0.337. The van der Waals surface area contributed by atoms with Crippen LogP contribution in [0.4, 0.5) is 0 Å². The van der Waals surface area contributed by atoms with E-state index >= 15 is 0 Å². The van der Waals surface area contributed by atoms with E-state index < -0.39 is 5.97 Å². The first kappa shape index (κ1) is 15.1. The summed E-state index contributed by atoms with van der Waals surface area (Å²) in [6.07, 6.45) is 1.78. The Balaban J connectivity index is 1.76. The minimum Gasteiger partial charge on any atom is -0.402 e. The van der Waals surface area contributed by atoms with Crippen molar-refractivity contribution in [3.63, 3.8) is 0 Å². The molecule has 0 amide bonds. The topological polar surface area (TPSA) is 38.7 Å². The number of nitrogens with zero attached hydrogens (tertiary/aromatic N) is 1. The number of benzene rings is 3. The second-order valence-electron chi connectivity index (χ2n) is 5.41. The number of carbonyl (C=O) groups excluding carboxylic acids is 1. The van der Waals surface area contributed by atoms with Crippen molar-refractivity contribution in [3.05, 3.63) is 87.1 Å². The van der Waals surface area contributed by atoms with E-state index in [-0.39, 0.29) is 0 Å². The lowest BCUT2D eigenvalue weighted by Crippen LogP contribution is -2.05. The highest BCUT2D eigenvalue weighted by atomic mass is 127. The number of ether oxygens (including phenoxy) is 1. The van der Waals surface area contributed by atoms with Gasteiger partial charge in [0.25, 0.3) is 0 Å². The molecule has 1 aliphatic heterocycles. The van der Waals surface area contributed by atoms with Crippen LogP contribution in [0.3, 0.4) is 0 Å². The number of rotatable bonds is 2. The Morgan fingerprint density at radius 1 is 0.917 bits per heavy atom. The molecular formula is C20H12INO2. The lowest BCUT2D eigenvalue weighted by Gasteiger charge is -2.01. The predicted octanol–water partition coefficient (Wildman–Crippen LogP) is 4.79. The van der Waals surface area contributed by atoms with Crippen LogP contribution in [0, 0.1) is 3.57 Å². The van der Waals surface area contributed by atoms with Crippen molar-refractivity contribution in [2.75, 3.05) is 0 Å². The van der Waals surface area contributed by atoms with E-state index in [2.05, 4.69) is 27.6 Å². The van der Waals surface area contributed by atoms with Crippen LogP contribution in [0.25, 0.3) is 16.8 Å². The molecule has 116 valence electrons. The Labute approximate surface area is 152 Å². The number of carbonyl (C=O) groups is 1. The minimum absolute atomic E-state index is 0.319. The van der Waals surface area contributed by atoms with Crippen LogP contribution in [0.5, 0.6) is 0 Å². The molecular weight excluding hydrogens is 413 g/mol. The summed E-state index contributed by atoms with van der Waals surface area (Å²) in [5.74, 6) is -0.0700. The summed E-state index contributed by atoms with van der Waals surface area (Å²) in [7, 11) is 0. The molecule has 4 heteroatoms. The molecule has 0 fully saturated rings. The van der Waals surface area contributed by atoms with Gasteiger partial charge in [-0.15, -0.1) is 0 Å². The van der Waals surface area contributed by atoms with Crippen molar-refractivity contribution in [2.24, 2.45) is 4.99 Å². The second kappa shape index (κ2) is 6.20. The number of esters is 1. The molecule has 1 aliphatic rings. The predicted molar refractivity (Wildman–Crippen MR) is 104 cm³/mol. The average molecular weight is 425 g/mol. The summed E-state index contributed by atoms with van der Waals surface area (Å²) in [4.78, 5) is 16.5. The number of hydrogen-bond donors (Lipinski definition) is 0. The summed E-state index contributed by atoms with van der Waals surface area (Å²) in [5.41, 5.74) is 2.07. The molecule has 1 heterocycles. The zero-order valence-electron chi connectivity index (χ0n) is 12.6. The summed E-state index contributed by atoms with van der Waals surface area (Å²) in [5, 5.41) is 2.21. The molecule has 3 nitrogen and oxygen atoms in total. The highest BCUT2D eigenvalue weighted by Gasteiger charge is 2.24. The lowest BCUT2D eigenvalue weighted by atomic mass is 10.0. The van der Waals surface area contributed by atoms with E-state index in [0.717, 1.165) is 25.5 Å². The van der Waals surface area contributed by atoms with E-state index in [1.54, 1.807) is 6.08 Å².